The molecule has 5 atom stereocenters. The Kier molecular flexibility index (Phi) is 5.29. The van der Waals surface area contributed by atoms with E-state index in [1.165, 1.54) is 14.0 Å². The summed E-state index contributed by atoms with van der Waals surface area (Å²) in [6.45, 7) is 0.898. The molecule has 0 radical (unpaired) electrons. The van der Waals surface area contributed by atoms with Crippen LogP contribution in [0.2, 0.25) is 0 Å². The van der Waals surface area contributed by atoms with E-state index in [0.29, 0.717) is 0 Å². The summed E-state index contributed by atoms with van der Waals surface area (Å²) in [6.07, 6.45) is -3.97. The standard InChI is InChI=1S/C10H19NO6/c1-5(13)11-6-3-7(14)9(15)8(4-12)17-10(6)16-2/h6-10,12,14-15H,3-4H2,1-2H3,(H,11,13)/t6?,7?,8-,9-,10-/m1/s1. The van der Waals surface area contributed by atoms with Crippen molar-refractivity contribution in [3.63, 3.8) is 0 Å². The van der Waals surface area contributed by atoms with Crippen LogP contribution in [0, 0.1) is 0 Å². The lowest BCUT2D eigenvalue weighted by Gasteiger charge is -2.26. The monoisotopic (exact) mass is 249 g/mol. The molecular weight excluding hydrogens is 230 g/mol. The van der Waals surface area contributed by atoms with Gasteiger partial charge in [-0.05, 0) is 0 Å². The predicted molar refractivity (Wildman–Crippen MR) is 57.0 cm³/mol. The number of nitrogens with one attached hydrogen (secondary N) is 1. The van der Waals surface area contributed by atoms with Crippen molar-refractivity contribution < 1.29 is 29.6 Å². The van der Waals surface area contributed by atoms with Crippen molar-refractivity contribution in [2.45, 2.75) is 44.0 Å². The highest BCUT2D eigenvalue weighted by Gasteiger charge is 2.39. The van der Waals surface area contributed by atoms with Gasteiger partial charge in [0.2, 0.25) is 5.91 Å². The van der Waals surface area contributed by atoms with Gasteiger partial charge >= 0.3 is 0 Å². The van der Waals surface area contributed by atoms with E-state index in [0.717, 1.165) is 0 Å². The molecule has 7 heteroatoms. The summed E-state index contributed by atoms with van der Waals surface area (Å²) in [6, 6.07) is -0.571. The fourth-order valence-corrected chi connectivity index (χ4v) is 1.86. The van der Waals surface area contributed by atoms with E-state index in [1.807, 2.05) is 0 Å². The second-order valence-corrected chi connectivity index (χ2v) is 4.06. The van der Waals surface area contributed by atoms with Crippen LogP contribution in [0.3, 0.4) is 0 Å². The first-order valence-corrected chi connectivity index (χ1v) is 5.42. The first kappa shape index (κ1) is 14.3. The molecule has 4 N–H and O–H groups in total. The van der Waals surface area contributed by atoms with Gasteiger partial charge in [-0.3, -0.25) is 4.79 Å². The SMILES string of the molecule is CO[C@@H]1O[C@H](CO)[C@H](O)C(O)CC1NC(C)=O. The minimum Gasteiger partial charge on any atom is -0.394 e. The minimum atomic E-state index is -1.21. The van der Waals surface area contributed by atoms with Crippen LogP contribution in [-0.4, -0.2) is 65.6 Å². The van der Waals surface area contributed by atoms with Crippen molar-refractivity contribution in [2.75, 3.05) is 13.7 Å². The summed E-state index contributed by atoms with van der Waals surface area (Å²) in [5.41, 5.74) is 0. The van der Waals surface area contributed by atoms with E-state index in [4.69, 9.17) is 14.6 Å². The molecule has 1 rings (SSSR count). The number of methoxy groups -OCH3 is 1. The zero-order valence-corrected chi connectivity index (χ0v) is 9.87. The summed E-state index contributed by atoms with van der Waals surface area (Å²) in [4.78, 5) is 11.0. The van der Waals surface area contributed by atoms with Crippen molar-refractivity contribution in [2.24, 2.45) is 0 Å². The summed E-state index contributed by atoms with van der Waals surface area (Å²) in [7, 11) is 1.39. The maximum atomic E-state index is 11.0. The summed E-state index contributed by atoms with van der Waals surface area (Å²) >= 11 is 0. The smallest absolute Gasteiger partial charge is 0.217 e. The van der Waals surface area contributed by atoms with Crippen molar-refractivity contribution in [3.05, 3.63) is 0 Å². The zero-order valence-electron chi connectivity index (χ0n) is 9.87. The van der Waals surface area contributed by atoms with Crippen LogP contribution in [0.4, 0.5) is 0 Å². The van der Waals surface area contributed by atoms with Gasteiger partial charge in [-0.2, -0.15) is 0 Å². The van der Waals surface area contributed by atoms with Gasteiger partial charge in [-0.25, -0.2) is 0 Å². The number of hydrogen-bond donors (Lipinski definition) is 4. The summed E-state index contributed by atoms with van der Waals surface area (Å²) < 4.78 is 10.4. The highest BCUT2D eigenvalue weighted by Crippen LogP contribution is 2.20. The average Bonchev–Trinajstić information content (AvgIpc) is 2.38. The van der Waals surface area contributed by atoms with Gasteiger partial charge in [0.15, 0.2) is 6.29 Å². The topological polar surface area (TPSA) is 108 Å². The maximum Gasteiger partial charge on any atom is 0.217 e. The Hall–Kier alpha value is -0.730. The number of aliphatic hydroxyl groups excluding tert-OH is 3. The van der Waals surface area contributed by atoms with E-state index in [2.05, 4.69) is 5.32 Å². The third-order valence-electron chi connectivity index (χ3n) is 2.71. The molecule has 1 saturated heterocycles. The molecule has 0 aromatic heterocycles. The first-order chi connectivity index (χ1) is 7.99. The number of rotatable bonds is 3. The van der Waals surface area contributed by atoms with Crippen molar-refractivity contribution in [1.29, 1.82) is 0 Å². The van der Waals surface area contributed by atoms with Gasteiger partial charge in [-0.1, -0.05) is 0 Å². The summed E-state index contributed by atoms with van der Waals surface area (Å²) in [5, 5.41) is 31.0. The molecule has 17 heavy (non-hydrogen) atoms. The average molecular weight is 249 g/mol. The Morgan fingerprint density at radius 2 is 2.18 bits per heavy atom. The quantitative estimate of drug-likeness (QED) is 0.459. The number of carbonyl (C=O) groups is 1. The van der Waals surface area contributed by atoms with E-state index >= 15 is 0 Å². The largest absolute Gasteiger partial charge is 0.394 e. The third kappa shape index (κ3) is 3.62. The normalized spacial score (nSPS) is 38.5. The lowest BCUT2D eigenvalue weighted by molar-refractivity contribution is -0.193. The molecular formula is C10H19NO6. The molecule has 1 aliphatic heterocycles. The number of ether oxygens (including phenoxy) is 2. The molecule has 7 nitrogen and oxygen atoms in total. The Bertz CT molecular complexity index is 261. The predicted octanol–water partition coefficient (Wildman–Crippen LogP) is -2.03. The van der Waals surface area contributed by atoms with Crippen LogP contribution in [0.5, 0.6) is 0 Å². The maximum absolute atomic E-state index is 11.0. The van der Waals surface area contributed by atoms with Crippen LogP contribution >= 0.6 is 0 Å². The molecule has 0 spiro atoms. The molecule has 100 valence electrons. The molecule has 0 aromatic carbocycles. The Labute approximate surface area is 99.3 Å². The van der Waals surface area contributed by atoms with Crippen LogP contribution in [0.25, 0.3) is 0 Å². The third-order valence-corrected chi connectivity index (χ3v) is 2.71. The Morgan fingerprint density at radius 3 is 2.65 bits per heavy atom. The van der Waals surface area contributed by atoms with Crippen LogP contribution in [0.1, 0.15) is 13.3 Å². The highest BCUT2D eigenvalue weighted by atomic mass is 16.7. The molecule has 1 aliphatic rings. The fourth-order valence-electron chi connectivity index (χ4n) is 1.86. The molecule has 1 amide bonds. The number of hydrogen-bond acceptors (Lipinski definition) is 6. The van der Waals surface area contributed by atoms with Crippen molar-refractivity contribution in [1.82, 2.24) is 5.32 Å². The Morgan fingerprint density at radius 1 is 1.53 bits per heavy atom. The van der Waals surface area contributed by atoms with Gasteiger partial charge in [0, 0.05) is 20.5 Å². The van der Waals surface area contributed by atoms with Gasteiger partial charge < -0.3 is 30.1 Å². The molecule has 2 unspecified atom stereocenters. The van der Waals surface area contributed by atoms with Crippen LogP contribution in [0.15, 0.2) is 0 Å². The lowest BCUT2D eigenvalue weighted by Crippen LogP contribution is -2.45. The van der Waals surface area contributed by atoms with E-state index in [-0.39, 0.29) is 12.3 Å². The fraction of sp³-hybridized carbons (Fsp3) is 0.900. The number of carbonyl (C=O) groups excluding carboxylic acids is 1. The number of aliphatic hydroxyl groups is 3. The number of amides is 1. The molecule has 1 heterocycles. The Balaban J connectivity index is 2.80. The van der Waals surface area contributed by atoms with Gasteiger partial charge in [0.1, 0.15) is 12.2 Å². The first-order valence-electron chi connectivity index (χ1n) is 5.42. The van der Waals surface area contributed by atoms with Crippen LogP contribution in [-0.2, 0) is 14.3 Å². The molecule has 0 saturated carbocycles. The summed E-state index contributed by atoms with van der Waals surface area (Å²) in [5.74, 6) is -0.287. The van der Waals surface area contributed by atoms with E-state index in [9.17, 15) is 15.0 Å². The lowest BCUT2D eigenvalue weighted by atomic mass is 10.0. The van der Waals surface area contributed by atoms with Gasteiger partial charge in [-0.15, -0.1) is 0 Å². The van der Waals surface area contributed by atoms with E-state index < -0.39 is 37.3 Å². The minimum absolute atomic E-state index is 0.0930. The second-order valence-electron chi connectivity index (χ2n) is 4.06. The second kappa shape index (κ2) is 6.27. The van der Waals surface area contributed by atoms with Gasteiger partial charge in [0.25, 0.3) is 0 Å². The molecule has 0 aromatic rings. The molecule has 0 bridgehead atoms. The van der Waals surface area contributed by atoms with Crippen LogP contribution < -0.4 is 5.32 Å². The van der Waals surface area contributed by atoms with Crippen molar-refractivity contribution >= 4 is 5.91 Å². The van der Waals surface area contributed by atoms with E-state index in [1.54, 1.807) is 0 Å². The molecule has 0 aliphatic carbocycles. The van der Waals surface area contributed by atoms with Gasteiger partial charge in [0.05, 0.1) is 18.8 Å². The highest BCUT2D eigenvalue weighted by molar-refractivity contribution is 5.73. The molecule has 1 fully saturated rings. The van der Waals surface area contributed by atoms with Crippen molar-refractivity contribution in [3.8, 4) is 0 Å². The zero-order chi connectivity index (χ0) is 13.0.